The summed E-state index contributed by atoms with van der Waals surface area (Å²) in [6.45, 7) is -0.0885. The van der Waals surface area contributed by atoms with E-state index in [0.29, 0.717) is 22.8 Å². The molecular weight excluding hydrogens is 394 g/mol. The fraction of sp³-hybridized carbons (Fsp3) is 0.429. The smallest absolute Gasteiger partial charge is 0.339 e. The Morgan fingerprint density at radius 2 is 1.72 bits per heavy atom. The zero-order valence-electron chi connectivity index (χ0n) is 16.8. The zero-order valence-corrected chi connectivity index (χ0v) is 17.6. The SMILES string of the molecule is COc1cc(CNC(=O)COC(=O)c2csc3c2CCCC3)cc(OC)c1OC. The van der Waals surface area contributed by atoms with Gasteiger partial charge in [0.2, 0.25) is 5.75 Å². The average molecular weight is 419 g/mol. The first kappa shape index (κ1) is 21.0. The molecule has 8 heteroatoms. The molecule has 1 amide bonds. The standard InChI is InChI=1S/C21H25NO6S/c1-25-16-8-13(9-17(26-2)20(16)27-3)10-22-19(23)11-28-21(24)15-12-29-18-7-5-4-6-14(15)18/h8-9,12H,4-7,10-11H2,1-3H3,(H,22,23). The van der Waals surface area contributed by atoms with Gasteiger partial charge < -0.3 is 24.3 Å². The van der Waals surface area contributed by atoms with E-state index >= 15 is 0 Å². The van der Waals surface area contributed by atoms with Crippen molar-refractivity contribution in [1.29, 1.82) is 0 Å². The van der Waals surface area contributed by atoms with Gasteiger partial charge in [0.15, 0.2) is 18.1 Å². The van der Waals surface area contributed by atoms with E-state index < -0.39 is 5.97 Å². The van der Waals surface area contributed by atoms with Gasteiger partial charge in [-0.05, 0) is 48.9 Å². The lowest BCUT2D eigenvalue weighted by molar-refractivity contribution is -0.124. The summed E-state index contributed by atoms with van der Waals surface area (Å²) in [6.07, 6.45) is 4.16. The van der Waals surface area contributed by atoms with Crippen LogP contribution in [0.25, 0.3) is 0 Å². The molecule has 0 atom stereocenters. The van der Waals surface area contributed by atoms with Crippen molar-refractivity contribution in [3.63, 3.8) is 0 Å². The molecular formula is C21H25NO6S. The maximum atomic E-state index is 12.4. The molecule has 1 heterocycles. The number of carbonyl (C=O) groups is 2. The van der Waals surface area contributed by atoms with Gasteiger partial charge in [0.05, 0.1) is 26.9 Å². The molecule has 1 aliphatic carbocycles. The number of methoxy groups -OCH3 is 3. The van der Waals surface area contributed by atoms with Gasteiger partial charge in [0, 0.05) is 16.8 Å². The molecule has 0 saturated heterocycles. The maximum Gasteiger partial charge on any atom is 0.339 e. The van der Waals surface area contributed by atoms with Gasteiger partial charge in [0.25, 0.3) is 5.91 Å². The summed E-state index contributed by atoms with van der Waals surface area (Å²) in [6, 6.07) is 3.51. The molecule has 2 aromatic rings. The molecule has 156 valence electrons. The van der Waals surface area contributed by atoms with Gasteiger partial charge >= 0.3 is 5.97 Å². The third-order valence-electron chi connectivity index (χ3n) is 4.83. The lowest BCUT2D eigenvalue weighted by Crippen LogP contribution is -2.28. The summed E-state index contributed by atoms with van der Waals surface area (Å²) < 4.78 is 21.1. The van der Waals surface area contributed by atoms with Crippen molar-refractivity contribution in [2.75, 3.05) is 27.9 Å². The first-order chi connectivity index (χ1) is 14.1. The van der Waals surface area contributed by atoms with Gasteiger partial charge in [-0.3, -0.25) is 4.79 Å². The van der Waals surface area contributed by atoms with Crippen molar-refractivity contribution in [2.45, 2.75) is 32.2 Å². The highest BCUT2D eigenvalue weighted by molar-refractivity contribution is 7.10. The predicted octanol–water partition coefficient (Wildman–Crippen LogP) is 3.13. The number of carbonyl (C=O) groups excluding carboxylic acids is 2. The molecule has 0 unspecified atom stereocenters. The second-order valence-electron chi connectivity index (χ2n) is 6.64. The summed E-state index contributed by atoms with van der Waals surface area (Å²) in [5.41, 5.74) is 2.46. The van der Waals surface area contributed by atoms with Crippen LogP contribution in [0.5, 0.6) is 17.2 Å². The molecule has 3 rings (SSSR count). The number of hydrogen-bond acceptors (Lipinski definition) is 7. The summed E-state index contributed by atoms with van der Waals surface area (Å²) in [7, 11) is 4.59. The molecule has 0 fully saturated rings. The van der Waals surface area contributed by atoms with Crippen molar-refractivity contribution in [1.82, 2.24) is 5.32 Å². The molecule has 7 nitrogen and oxygen atoms in total. The third kappa shape index (κ3) is 4.82. The van der Waals surface area contributed by atoms with Crippen molar-refractivity contribution >= 4 is 23.2 Å². The molecule has 0 saturated carbocycles. The van der Waals surface area contributed by atoms with Crippen LogP contribution >= 0.6 is 11.3 Å². The van der Waals surface area contributed by atoms with Crippen LogP contribution in [0.3, 0.4) is 0 Å². The van der Waals surface area contributed by atoms with E-state index in [4.69, 9.17) is 18.9 Å². The predicted molar refractivity (Wildman–Crippen MR) is 109 cm³/mol. The highest BCUT2D eigenvalue weighted by Gasteiger charge is 2.21. The summed E-state index contributed by atoms with van der Waals surface area (Å²) >= 11 is 1.60. The number of amides is 1. The number of fused-ring (bicyclic) bond motifs is 1. The van der Waals surface area contributed by atoms with E-state index in [1.54, 1.807) is 23.5 Å². The van der Waals surface area contributed by atoms with Crippen LogP contribution in [0.15, 0.2) is 17.5 Å². The highest BCUT2D eigenvalue weighted by Crippen LogP contribution is 2.38. The molecule has 0 bridgehead atoms. The number of hydrogen-bond donors (Lipinski definition) is 1. The number of ether oxygens (including phenoxy) is 4. The first-order valence-corrected chi connectivity index (χ1v) is 10.3. The van der Waals surface area contributed by atoms with E-state index in [0.717, 1.165) is 36.8 Å². The number of benzene rings is 1. The molecule has 1 aromatic heterocycles. The molecule has 29 heavy (non-hydrogen) atoms. The summed E-state index contributed by atoms with van der Waals surface area (Å²) in [4.78, 5) is 25.7. The van der Waals surface area contributed by atoms with E-state index in [1.807, 2.05) is 5.38 Å². The normalized spacial score (nSPS) is 12.7. The molecule has 0 spiro atoms. The van der Waals surface area contributed by atoms with Crippen LogP contribution in [0.4, 0.5) is 0 Å². The van der Waals surface area contributed by atoms with Gasteiger partial charge in [0.1, 0.15) is 0 Å². The highest BCUT2D eigenvalue weighted by atomic mass is 32.1. The Morgan fingerprint density at radius 1 is 1.03 bits per heavy atom. The lowest BCUT2D eigenvalue weighted by atomic mass is 9.96. The maximum absolute atomic E-state index is 12.4. The fourth-order valence-electron chi connectivity index (χ4n) is 3.36. The number of thiophene rings is 1. The minimum atomic E-state index is -0.438. The topological polar surface area (TPSA) is 83.1 Å². The Balaban J connectivity index is 1.55. The lowest BCUT2D eigenvalue weighted by Gasteiger charge is -2.14. The van der Waals surface area contributed by atoms with E-state index in [1.165, 1.54) is 26.2 Å². The van der Waals surface area contributed by atoms with Gasteiger partial charge in [-0.25, -0.2) is 4.79 Å². The summed E-state index contributed by atoms with van der Waals surface area (Å²) in [5.74, 6) is 0.677. The van der Waals surface area contributed by atoms with Crippen LogP contribution in [0.1, 0.15) is 39.2 Å². The first-order valence-electron chi connectivity index (χ1n) is 9.39. The van der Waals surface area contributed by atoms with E-state index in [9.17, 15) is 9.59 Å². The molecule has 1 aromatic carbocycles. The van der Waals surface area contributed by atoms with Crippen LogP contribution in [-0.4, -0.2) is 39.8 Å². The second kappa shape index (κ2) is 9.65. The zero-order chi connectivity index (χ0) is 20.8. The van der Waals surface area contributed by atoms with Crippen molar-refractivity contribution in [2.24, 2.45) is 0 Å². The third-order valence-corrected chi connectivity index (χ3v) is 5.92. The minimum Gasteiger partial charge on any atom is -0.493 e. The number of nitrogens with one attached hydrogen (secondary N) is 1. The van der Waals surface area contributed by atoms with Crippen molar-refractivity contribution in [3.8, 4) is 17.2 Å². The van der Waals surface area contributed by atoms with Crippen LogP contribution < -0.4 is 19.5 Å². The largest absolute Gasteiger partial charge is 0.493 e. The minimum absolute atomic E-state index is 0.237. The summed E-state index contributed by atoms with van der Waals surface area (Å²) in [5, 5.41) is 4.58. The average Bonchev–Trinajstić information content (AvgIpc) is 3.19. The molecule has 1 N–H and O–H groups in total. The van der Waals surface area contributed by atoms with Crippen molar-refractivity contribution in [3.05, 3.63) is 39.1 Å². The van der Waals surface area contributed by atoms with Gasteiger partial charge in [-0.1, -0.05) is 0 Å². The number of rotatable bonds is 8. The van der Waals surface area contributed by atoms with Crippen LogP contribution in [-0.2, 0) is 28.9 Å². The monoisotopic (exact) mass is 419 g/mol. The van der Waals surface area contributed by atoms with Crippen molar-refractivity contribution < 1.29 is 28.5 Å². The quantitative estimate of drug-likeness (QED) is 0.662. The number of aryl methyl sites for hydroxylation is 1. The van der Waals surface area contributed by atoms with Crippen LogP contribution in [0, 0.1) is 0 Å². The Hall–Kier alpha value is -2.74. The fourth-order valence-corrected chi connectivity index (χ4v) is 4.48. The van der Waals surface area contributed by atoms with E-state index in [-0.39, 0.29) is 19.1 Å². The van der Waals surface area contributed by atoms with Gasteiger partial charge in [-0.15, -0.1) is 11.3 Å². The molecule has 0 aliphatic heterocycles. The van der Waals surface area contributed by atoms with Gasteiger partial charge in [-0.2, -0.15) is 0 Å². The number of esters is 1. The Labute approximate surface area is 173 Å². The Bertz CT molecular complexity index is 866. The Morgan fingerprint density at radius 3 is 2.38 bits per heavy atom. The van der Waals surface area contributed by atoms with Crippen LogP contribution in [0.2, 0.25) is 0 Å². The second-order valence-corrected chi connectivity index (χ2v) is 7.61. The van der Waals surface area contributed by atoms with E-state index in [2.05, 4.69) is 5.32 Å². The molecule has 1 aliphatic rings. The molecule has 0 radical (unpaired) electrons. The Kier molecular flexibility index (Phi) is 6.98.